The van der Waals surface area contributed by atoms with Crippen molar-refractivity contribution in [1.29, 1.82) is 0 Å². The molecule has 0 aromatic carbocycles. The molecular formula is C8H13NO6. The van der Waals surface area contributed by atoms with E-state index in [0.29, 0.717) is 0 Å². The van der Waals surface area contributed by atoms with Crippen LogP contribution in [0.4, 0.5) is 4.79 Å². The van der Waals surface area contributed by atoms with Gasteiger partial charge in [-0.05, 0) is 0 Å². The van der Waals surface area contributed by atoms with E-state index in [9.17, 15) is 14.4 Å². The number of hydrogen-bond acceptors (Lipinski definition) is 5. The van der Waals surface area contributed by atoms with Crippen LogP contribution in [0.15, 0.2) is 0 Å². The number of carbonyl (C=O) groups is 3. The number of likely N-dealkylation sites (N-methyl/N-ethyl adjacent to an activating group) is 1. The van der Waals surface area contributed by atoms with Crippen molar-refractivity contribution in [1.82, 2.24) is 4.90 Å². The van der Waals surface area contributed by atoms with Gasteiger partial charge in [0.25, 0.3) is 0 Å². The first-order chi connectivity index (χ1) is 6.97. The Morgan fingerprint density at radius 2 is 1.87 bits per heavy atom. The average Bonchev–Trinajstić information content (AvgIpc) is 2.16. The second-order valence-electron chi connectivity index (χ2n) is 2.65. The maximum absolute atomic E-state index is 11.0. The average molecular weight is 219 g/mol. The minimum Gasteiger partial charge on any atom is -0.480 e. The molecule has 7 heteroatoms. The monoisotopic (exact) mass is 219 g/mol. The van der Waals surface area contributed by atoms with E-state index in [1.54, 1.807) is 6.92 Å². The molecule has 0 heterocycles. The Morgan fingerprint density at radius 3 is 2.33 bits per heavy atom. The lowest BCUT2D eigenvalue weighted by molar-refractivity contribution is -0.152. The second-order valence-corrected chi connectivity index (χ2v) is 2.65. The van der Waals surface area contributed by atoms with E-state index in [1.165, 1.54) is 7.05 Å². The maximum atomic E-state index is 11.0. The van der Waals surface area contributed by atoms with Crippen molar-refractivity contribution in [2.75, 3.05) is 20.4 Å². The second kappa shape index (κ2) is 6.63. The first kappa shape index (κ1) is 13.2. The van der Waals surface area contributed by atoms with Gasteiger partial charge in [-0.25, -0.2) is 4.79 Å². The highest BCUT2D eigenvalue weighted by Gasteiger charge is 2.13. The Hall–Kier alpha value is -1.79. The first-order valence-electron chi connectivity index (χ1n) is 4.22. The van der Waals surface area contributed by atoms with Crippen LogP contribution >= 0.6 is 0 Å². The van der Waals surface area contributed by atoms with Crippen LogP contribution in [0.2, 0.25) is 0 Å². The molecule has 0 aliphatic rings. The summed E-state index contributed by atoms with van der Waals surface area (Å²) >= 11 is 0. The molecule has 0 unspecified atom stereocenters. The van der Waals surface area contributed by atoms with Crippen molar-refractivity contribution in [3.05, 3.63) is 0 Å². The van der Waals surface area contributed by atoms with Gasteiger partial charge in [-0.15, -0.1) is 0 Å². The Kier molecular flexibility index (Phi) is 5.84. The largest absolute Gasteiger partial charge is 0.480 e. The Morgan fingerprint density at radius 1 is 1.27 bits per heavy atom. The first-order valence-corrected chi connectivity index (χ1v) is 4.22. The molecule has 0 saturated carbocycles. The predicted molar refractivity (Wildman–Crippen MR) is 48.0 cm³/mol. The van der Waals surface area contributed by atoms with Gasteiger partial charge in [-0.3, -0.25) is 9.59 Å². The van der Waals surface area contributed by atoms with Crippen LogP contribution in [-0.2, 0) is 19.1 Å². The number of carboxylic acid groups (broad SMARTS) is 1. The third-order valence-electron chi connectivity index (χ3n) is 1.38. The van der Waals surface area contributed by atoms with Crippen LogP contribution in [-0.4, -0.2) is 48.4 Å². The van der Waals surface area contributed by atoms with Crippen LogP contribution in [0.25, 0.3) is 0 Å². The topological polar surface area (TPSA) is 93.1 Å². The molecule has 0 aromatic heterocycles. The fourth-order valence-corrected chi connectivity index (χ4v) is 0.625. The molecule has 0 bridgehead atoms. The van der Waals surface area contributed by atoms with Gasteiger partial charge >= 0.3 is 18.0 Å². The molecule has 0 atom stereocenters. The highest BCUT2D eigenvalue weighted by Crippen LogP contribution is 1.92. The van der Waals surface area contributed by atoms with Gasteiger partial charge < -0.3 is 19.5 Å². The van der Waals surface area contributed by atoms with Gasteiger partial charge in [0.2, 0.25) is 6.79 Å². The molecular weight excluding hydrogens is 206 g/mol. The zero-order valence-corrected chi connectivity index (χ0v) is 8.56. The summed E-state index contributed by atoms with van der Waals surface area (Å²) in [7, 11) is 1.26. The number of esters is 1. The van der Waals surface area contributed by atoms with E-state index in [4.69, 9.17) is 5.11 Å². The van der Waals surface area contributed by atoms with Gasteiger partial charge in [-0.2, -0.15) is 0 Å². The van der Waals surface area contributed by atoms with Gasteiger partial charge in [0.05, 0.1) is 0 Å². The third-order valence-corrected chi connectivity index (χ3v) is 1.38. The van der Waals surface area contributed by atoms with Crippen molar-refractivity contribution >= 4 is 18.0 Å². The quantitative estimate of drug-likeness (QED) is 0.518. The van der Waals surface area contributed by atoms with E-state index in [0.717, 1.165) is 4.90 Å². The third kappa shape index (κ3) is 6.30. The van der Waals surface area contributed by atoms with Crippen molar-refractivity contribution in [3.8, 4) is 0 Å². The maximum Gasteiger partial charge on any atom is 0.412 e. The van der Waals surface area contributed by atoms with Gasteiger partial charge in [-0.1, -0.05) is 6.92 Å². The molecule has 15 heavy (non-hydrogen) atoms. The lowest BCUT2D eigenvalue weighted by Gasteiger charge is -2.14. The summed E-state index contributed by atoms with van der Waals surface area (Å²) in [5.41, 5.74) is 0. The fraction of sp³-hybridized carbons (Fsp3) is 0.625. The molecule has 0 rings (SSSR count). The number of hydrogen-bond donors (Lipinski definition) is 1. The van der Waals surface area contributed by atoms with Gasteiger partial charge in [0.1, 0.15) is 6.54 Å². The van der Waals surface area contributed by atoms with Gasteiger partial charge in [0.15, 0.2) is 0 Å². The molecule has 0 spiro atoms. The number of carboxylic acids is 1. The van der Waals surface area contributed by atoms with E-state index in [1.807, 2.05) is 0 Å². The Balaban J connectivity index is 3.73. The minimum atomic E-state index is -1.15. The SMILES string of the molecule is CCC(=O)OCOC(=O)N(C)CC(=O)O. The standard InChI is InChI=1S/C8H13NO6/c1-3-7(12)14-5-15-8(13)9(2)4-6(10)11/h3-5H2,1-2H3,(H,10,11). The molecule has 0 aromatic rings. The molecule has 0 aliphatic heterocycles. The number of rotatable bonds is 5. The number of aliphatic carboxylic acids is 1. The molecule has 7 nitrogen and oxygen atoms in total. The molecule has 1 N–H and O–H groups in total. The number of carbonyl (C=O) groups excluding carboxylic acids is 2. The molecule has 0 radical (unpaired) electrons. The Labute approximate surface area is 86.6 Å². The van der Waals surface area contributed by atoms with Crippen LogP contribution in [0.5, 0.6) is 0 Å². The summed E-state index contributed by atoms with van der Waals surface area (Å²) in [6.45, 7) is 0.622. The zero-order valence-electron chi connectivity index (χ0n) is 8.56. The van der Waals surface area contributed by atoms with E-state index in [2.05, 4.69) is 9.47 Å². The van der Waals surface area contributed by atoms with E-state index < -0.39 is 31.4 Å². The van der Waals surface area contributed by atoms with Crippen LogP contribution in [0.1, 0.15) is 13.3 Å². The molecule has 1 amide bonds. The molecule has 0 aliphatic carbocycles. The molecule has 0 saturated heterocycles. The van der Waals surface area contributed by atoms with Crippen molar-refractivity contribution in [2.24, 2.45) is 0 Å². The predicted octanol–water partition coefficient (Wildman–Crippen LogP) is 0.0501. The van der Waals surface area contributed by atoms with E-state index in [-0.39, 0.29) is 6.42 Å². The summed E-state index contributed by atoms with van der Waals surface area (Å²) in [6, 6.07) is 0. The van der Waals surface area contributed by atoms with Crippen LogP contribution in [0, 0.1) is 0 Å². The van der Waals surface area contributed by atoms with Crippen molar-refractivity contribution < 1.29 is 29.0 Å². The van der Waals surface area contributed by atoms with Crippen molar-refractivity contribution in [2.45, 2.75) is 13.3 Å². The molecule has 0 fully saturated rings. The highest BCUT2D eigenvalue weighted by atomic mass is 16.7. The summed E-state index contributed by atoms with van der Waals surface area (Å²) in [4.78, 5) is 32.7. The minimum absolute atomic E-state index is 0.183. The van der Waals surface area contributed by atoms with Crippen LogP contribution in [0.3, 0.4) is 0 Å². The summed E-state index contributed by atoms with van der Waals surface area (Å²) in [6.07, 6.45) is -0.677. The summed E-state index contributed by atoms with van der Waals surface area (Å²) in [5, 5.41) is 8.35. The number of nitrogens with zero attached hydrogens (tertiary/aromatic N) is 1. The van der Waals surface area contributed by atoms with Gasteiger partial charge in [0, 0.05) is 13.5 Å². The van der Waals surface area contributed by atoms with Crippen LogP contribution < -0.4 is 0 Å². The highest BCUT2D eigenvalue weighted by molar-refractivity contribution is 5.76. The van der Waals surface area contributed by atoms with Crippen molar-refractivity contribution in [3.63, 3.8) is 0 Å². The lowest BCUT2D eigenvalue weighted by Crippen LogP contribution is -2.33. The summed E-state index contributed by atoms with van der Waals surface area (Å²) < 4.78 is 8.92. The Bertz CT molecular complexity index is 252. The fourth-order valence-electron chi connectivity index (χ4n) is 0.625. The number of ether oxygens (including phenoxy) is 2. The molecule has 86 valence electrons. The zero-order chi connectivity index (χ0) is 11.8. The normalized spacial score (nSPS) is 9.20. The number of amides is 1. The summed E-state index contributed by atoms with van der Waals surface area (Å²) in [5.74, 6) is -1.65. The van der Waals surface area contributed by atoms with E-state index >= 15 is 0 Å². The lowest BCUT2D eigenvalue weighted by atomic mass is 10.5. The smallest absolute Gasteiger partial charge is 0.412 e.